The molecule has 1 heterocycles. The van der Waals surface area contributed by atoms with Crippen molar-refractivity contribution in [3.05, 3.63) is 29.3 Å². The summed E-state index contributed by atoms with van der Waals surface area (Å²) in [6.45, 7) is 5.06. The summed E-state index contributed by atoms with van der Waals surface area (Å²) < 4.78 is 27.2. The lowest BCUT2D eigenvalue weighted by Crippen LogP contribution is -2.41. The van der Waals surface area contributed by atoms with Crippen LogP contribution in [0.5, 0.6) is 0 Å². The molecule has 21 heavy (non-hydrogen) atoms. The molecule has 5 nitrogen and oxygen atoms in total. The molecule has 1 aromatic carbocycles. The first kappa shape index (κ1) is 16.0. The lowest BCUT2D eigenvalue weighted by atomic mass is 10.1. The number of rotatable bonds is 5. The van der Waals surface area contributed by atoms with Gasteiger partial charge in [-0.25, -0.2) is 13.1 Å². The summed E-state index contributed by atoms with van der Waals surface area (Å²) in [5.41, 5.74) is 1.63. The van der Waals surface area contributed by atoms with Crippen LogP contribution in [0.25, 0.3) is 0 Å². The van der Waals surface area contributed by atoms with Crippen molar-refractivity contribution >= 4 is 15.9 Å². The summed E-state index contributed by atoms with van der Waals surface area (Å²) in [5, 5.41) is 0. The smallest absolute Gasteiger partial charge is 0.240 e. The molecule has 1 N–H and O–H groups in total. The zero-order valence-electron chi connectivity index (χ0n) is 12.6. The molecule has 1 fully saturated rings. The van der Waals surface area contributed by atoms with E-state index in [0.29, 0.717) is 17.9 Å². The summed E-state index contributed by atoms with van der Waals surface area (Å²) in [6.07, 6.45) is 2.50. The van der Waals surface area contributed by atoms with Gasteiger partial charge in [0.05, 0.1) is 4.90 Å². The Bertz CT molecular complexity index is 626. The van der Waals surface area contributed by atoms with Crippen molar-refractivity contribution in [1.82, 2.24) is 9.62 Å². The topological polar surface area (TPSA) is 66.5 Å². The molecule has 1 aromatic rings. The van der Waals surface area contributed by atoms with Crippen molar-refractivity contribution in [2.24, 2.45) is 0 Å². The second-order valence-corrected chi connectivity index (χ2v) is 7.24. The van der Waals surface area contributed by atoms with E-state index in [-0.39, 0.29) is 12.5 Å². The van der Waals surface area contributed by atoms with Gasteiger partial charge >= 0.3 is 0 Å². The highest BCUT2D eigenvalue weighted by molar-refractivity contribution is 7.89. The second-order valence-electron chi connectivity index (χ2n) is 5.50. The average molecular weight is 310 g/mol. The van der Waals surface area contributed by atoms with Crippen LogP contribution in [0.1, 0.15) is 30.4 Å². The number of hydrogen-bond donors (Lipinski definition) is 1. The van der Waals surface area contributed by atoms with E-state index in [0.717, 1.165) is 30.5 Å². The Hall–Kier alpha value is -1.40. The highest BCUT2D eigenvalue weighted by atomic mass is 32.2. The van der Waals surface area contributed by atoms with Crippen molar-refractivity contribution < 1.29 is 13.2 Å². The standard InChI is InChI=1S/C15H22N2O3S/c1-12-6-7-13(2)14(11-12)21(19,20)16-8-10-17-9-4-3-5-15(17)18/h6-7,11,16H,3-5,8-10H2,1-2H3. The lowest BCUT2D eigenvalue weighted by Gasteiger charge is -2.26. The van der Waals surface area contributed by atoms with Gasteiger partial charge in [0.2, 0.25) is 15.9 Å². The van der Waals surface area contributed by atoms with Crippen LogP contribution in [-0.4, -0.2) is 38.9 Å². The number of likely N-dealkylation sites (tertiary alicyclic amines) is 1. The van der Waals surface area contributed by atoms with E-state index in [9.17, 15) is 13.2 Å². The Labute approximate surface area is 126 Å². The van der Waals surface area contributed by atoms with Crippen molar-refractivity contribution in [3.8, 4) is 0 Å². The number of nitrogens with one attached hydrogen (secondary N) is 1. The first-order chi connectivity index (χ1) is 9.90. The molecular formula is C15H22N2O3S. The fraction of sp³-hybridized carbons (Fsp3) is 0.533. The summed E-state index contributed by atoms with van der Waals surface area (Å²) in [4.78, 5) is 13.7. The average Bonchev–Trinajstić information content (AvgIpc) is 2.43. The third kappa shape index (κ3) is 4.04. The van der Waals surface area contributed by atoms with Crippen LogP contribution in [0.3, 0.4) is 0 Å². The first-order valence-corrected chi connectivity index (χ1v) is 8.73. The van der Waals surface area contributed by atoms with E-state index in [2.05, 4.69) is 4.72 Å². The number of nitrogens with zero attached hydrogens (tertiary/aromatic N) is 1. The summed E-state index contributed by atoms with van der Waals surface area (Å²) in [5.74, 6) is 0.118. The molecule has 1 aliphatic rings. The highest BCUT2D eigenvalue weighted by Gasteiger charge is 2.20. The molecule has 116 valence electrons. The Kier molecular flexibility index (Phi) is 5.00. The van der Waals surface area contributed by atoms with Crippen LogP contribution >= 0.6 is 0 Å². The van der Waals surface area contributed by atoms with Crippen molar-refractivity contribution in [3.63, 3.8) is 0 Å². The molecule has 1 aliphatic heterocycles. The zero-order chi connectivity index (χ0) is 15.5. The van der Waals surface area contributed by atoms with Gasteiger partial charge in [-0.05, 0) is 43.9 Å². The maximum absolute atomic E-state index is 12.3. The number of amides is 1. The van der Waals surface area contributed by atoms with Gasteiger partial charge in [0.15, 0.2) is 0 Å². The van der Waals surface area contributed by atoms with E-state index in [4.69, 9.17) is 0 Å². The maximum atomic E-state index is 12.3. The van der Waals surface area contributed by atoms with Gasteiger partial charge in [0.25, 0.3) is 0 Å². The molecule has 0 saturated carbocycles. The number of aryl methyl sites for hydroxylation is 2. The van der Waals surface area contributed by atoms with Gasteiger partial charge in [-0.1, -0.05) is 12.1 Å². The van der Waals surface area contributed by atoms with E-state index < -0.39 is 10.0 Å². The Balaban J connectivity index is 1.98. The van der Waals surface area contributed by atoms with Crippen LogP contribution < -0.4 is 4.72 Å². The maximum Gasteiger partial charge on any atom is 0.240 e. The Morgan fingerprint density at radius 3 is 2.71 bits per heavy atom. The summed E-state index contributed by atoms with van der Waals surface area (Å²) in [6, 6.07) is 5.36. The summed E-state index contributed by atoms with van der Waals surface area (Å²) >= 11 is 0. The summed E-state index contributed by atoms with van der Waals surface area (Å²) in [7, 11) is -3.52. The minimum Gasteiger partial charge on any atom is -0.341 e. The van der Waals surface area contributed by atoms with Crippen LogP contribution in [0, 0.1) is 13.8 Å². The minimum atomic E-state index is -3.52. The van der Waals surface area contributed by atoms with E-state index >= 15 is 0 Å². The van der Waals surface area contributed by atoms with Gasteiger partial charge in [-0.2, -0.15) is 0 Å². The molecule has 2 rings (SSSR count). The molecule has 0 spiro atoms. The largest absolute Gasteiger partial charge is 0.341 e. The lowest BCUT2D eigenvalue weighted by molar-refractivity contribution is -0.133. The molecule has 0 atom stereocenters. The highest BCUT2D eigenvalue weighted by Crippen LogP contribution is 2.16. The molecule has 0 radical (unpaired) electrons. The van der Waals surface area contributed by atoms with Crippen LogP contribution in [0.15, 0.2) is 23.1 Å². The number of hydrogen-bond acceptors (Lipinski definition) is 3. The number of piperidine rings is 1. The molecular weight excluding hydrogens is 288 g/mol. The van der Waals surface area contributed by atoms with Crippen molar-refractivity contribution in [1.29, 1.82) is 0 Å². The van der Waals surface area contributed by atoms with Gasteiger partial charge in [0, 0.05) is 26.1 Å². The zero-order valence-corrected chi connectivity index (χ0v) is 13.4. The molecule has 0 aliphatic carbocycles. The van der Waals surface area contributed by atoms with E-state index in [1.807, 2.05) is 13.0 Å². The van der Waals surface area contributed by atoms with Crippen molar-refractivity contribution in [2.45, 2.75) is 38.0 Å². The fourth-order valence-electron chi connectivity index (χ4n) is 2.49. The fourth-order valence-corrected chi connectivity index (χ4v) is 3.84. The molecule has 0 unspecified atom stereocenters. The second kappa shape index (κ2) is 6.58. The predicted octanol–water partition coefficient (Wildman–Crippen LogP) is 1.59. The minimum absolute atomic E-state index is 0.118. The SMILES string of the molecule is Cc1ccc(C)c(S(=O)(=O)NCCN2CCCCC2=O)c1. The number of carbonyl (C=O) groups excluding carboxylic acids is 1. The first-order valence-electron chi connectivity index (χ1n) is 7.25. The normalized spacial score (nSPS) is 16.3. The van der Waals surface area contributed by atoms with Crippen LogP contribution in [0.4, 0.5) is 0 Å². The molecule has 6 heteroatoms. The molecule has 0 aromatic heterocycles. The van der Waals surface area contributed by atoms with Gasteiger partial charge in [0.1, 0.15) is 0 Å². The van der Waals surface area contributed by atoms with Gasteiger partial charge < -0.3 is 4.90 Å². The predicted molar refractivity (Wildman–Crippen MR) is 81.5 cm³/mol. The molecule has 0 bridgehead atoms. The Morgan fingerprint density at radius 2 is 2.00 bits per heavy atom. The van der Waals surface area contributed by atoms with Crippen molar-refractivity contribution in [2.75, 3.05) is 19.6 Å². The van der Waals surface area contributed by atoms with E-state index in [1.54, 1.807) is 24.0 Å². The molecule has 1 saturated heterocycles. The monoisotopic (exact) mass is 310 g/mol. The Morgan fingerprint density at radius 1 is 1.24 bits per heavy atom. The number of carbonyl (C=O) groups is 1. The quantitative estimate of drug-likeness (QED) is 0.898. The third-order valence-corrected chi connectivity index (χ3v) is 5.33. The van der Waals surface area contributed by atoms with Crippen LogP contribution in [-0.2, 0) is 14.8 Å². The molecule has 1 amide bonds. The van der Waals surface area contributed by atoms with E-state index in [1.165, 1.54) is 0 Å². The number of benzene rings is 1. The van der Waals surface area contributed by atoms with Gasteiger partial charge in [-0.15, -0.1) is 0 Å². The number of sulfonamides is 1. The van der Waals surface area contributed by atoms with Gasteiger partial charge in [-0.3, -0.25) is 4.79 Å². The van der Waals surface area contributed by atoms with Crippen LogP contribution in [0.2, 0.25) is 0 Å². The third-order valence-electron chi connectivity index (χ3n) is 3.73.